The largest absolute Gasteiger partial charge is 0.381 e. The molecule has 1 heterocycles. The van der Waals surface area contributed by atoms with Crippen LogP contribution >= 0.6 is 0 Å². The molecule has 3 N–H and O–H groups in total. The molecule has 5 nitrogen and oxygen atoms in total. The number of carbonyl (C=O) groups excluding carboxylic acids is 2. The highest BCUT2D eigenvalue weighted by molar-refractivity contribution is 5.91. The molecule has 0 radical (unpaired) electrons. The van der Waals surface area contributed by atoms with Gasteiger partial charge >= 0.3 is 0 Å². The van der Waals surface area contributed by atoms with Crippen LogP contribution in [0.3, 0.4) is 0 Å². The molecule has 2 rings (SSSR count). The molecule has 1 aromatic carbocycles. The van der Waals surface area contributed by atoms with E-state index in [1.807, 2.05) is 18.2 Å². The lowest BCUT2D eigenvalue weighted by atomic mass is 10.2. The topological polar surface area (TPSA) is 91.3 Å². The van der Waals surface area contributed by atoms with Gasteiger partial charge in [-0.15, -0.1) is 0 Å². The van der Waals surface area contributed by atoms with E-state index in [9.17, 15) is 9.59 Å². The normalized spacial score (nSPS) is 12.1. The van der Waals surface area contributed by atoms with Gasteiger partial charge in [-0.25, -0.2) is 0 Å². The second kappa shape index (κ2) is 8.25. The molecule has 1 saturated heterocycles. The molecular weight excluding hydrogens is 232 g/mol. The summed E-state index contributed by atoms with van der Waals surface area (Å²) in [7, 11) is 0. The van der Waals surface area contributed by atoms with Gasteiger partial charge < -0.3 is 15.8 Å². The summed E-state index contributed by atoms with van der Waals surface area (Å²) in [6, 6.07) is 10.1. The third kappa shape index (κ3) is 8.29. The predicted octanol–water partition coefficient (Wildman–Crippen LogP) is 0.237. The first-order valence-electron chi connectivity index (χ1n) is 5.85. The molecule has 0 saturated carbocycles. The maximum Gasteiger partial charge on any atom is 0.239 e. The smallest absolute Gasteiger partial charge is 0.239 e. The van der Waals surface area contributed by atoms with Crippen LogP contribution in [0.1, 0.15) is 12.0 Å². The van der Waals surface area contributed by atoms with Crippen molar-refractivity contribution in [1.29, 1.82) is 0 Å². The van der Waals surface area contributed by atoms with Crippen molar-refractivity contribution in [2.24, 2.45) is 5.73 Å². The van der Waals surface area contributed by atoms with Crippen LogP contribution in [0, 0.1) is 0 Å². The van der Waals surface area contributed by atoms with E-state index >= 15 is 0 Å². The third-order valence-electron chi connectivity index (χ3n) is 2.19. The Morgan fingerprint density at radius 1 is 1.28 bits per heavy atom. The number of hydrogen-bond donors (Lipinski definition) is 2. The molecule has 5 heteroatoms. The van der Waals surface area contributed by atoms with E-state index in [0.29, 0.717) is 26.2 Å². The molecule has 1 aliphatic rings. The summed E-state index contributed by atoms with van der Waals surface area (Å²) in [6.45, 7) is 1.65. The fraction of sp³-hybridized carbons (Fsp3) is 0.385. The van der Waals surface area contributed by atoms with E-state index in [4.69, 9.17) is 10.5 Å². The van der Waals surface area contributed by atoms with Gasteiger partial charge in [0.15, 0.2) is 0 Å². The number of primary amides is 1. The molecule has 0 aromatic heterocycles. The van der Waals surface area contributed by atoms with E-state index in [0.717, 1.165) is 6.42 Å². The van der Waals surface area contributed by atoms with Crippen molar-refractivity contribution < 1.29 is 14.3 Å². The lowest BCUT2D eigenvalue weighted by Crippen LogP contribution is -2.14. The summed E-state index contributed by atoms with van der Waals surface area (Å²) in [5.74, 6) is -0.148. The Kier molecular flexibility index (Phi) is 6.50. The number of amides is 2. The van der Waals surface area contributed by atoms with Gasteiger partial charge in [0.05, 0.1) is 19.8 Å². The molecule has 1 fully saturated rings. The first-order valence-corrected chi connectivity index (χ1v) is 5.85. The Balaban J connectivity index is 0.000000341. The van der Waals surface area contributed by atoms with Crippen molar-refractivity contribution >= 4 is 11.8 Å². The van der Waals surface area contributed by atoms with Crippen LogP contribution in [0.25, 0.3) is 0 Å². The summed E-state index contributed by atoms with van der Waals surface area (Å²) in [6.07, 6.45) is 1.17. The molecule has 1 aromatic rings. The number of rotatable bonds is 6. The number of ether oxygens (including phenoxy) is 1. The second-order valence-corrected chi connectivity index (χ2v) is 3.84. The summed E-state index contributed by atoms with van der Waals surface area (Å²) < 4.78 is 5.25. The number of hydrogen-bond acceptors (Lipinski definition) is 3. The fourth-order valence-electron chi connectivity index (χ4n) is 1.15. The van der Waals surface area contributed by atoms with Crippen molar-refractivity contribution in [3.63, 3.8) is 0 Å². The van der Waals surface area contributed by atoms with E-state index in [1.54, 1.807) is 0 Å². The third-order valence-corrected chi connectivity index (χ3v) is 2.19. The van der Waals surface area contributed by atoms with Crippen LogP contribution in [0.5, 0.6) is 0 Å². The number of carbonyl (C=O) groups is 2. The average molecular weight is 250 g/mol. The Hall–Kier alpha value is -1.88. The summed E-state index contributed by atoms with van der Waals surface area (Å²) >= 11 is 0. The zero-order valence-corrected chi connectivity index (χ0v) is 10.2. The molecule has 0 bridgehead atoms. The molecule has 1 aliphatic heterocycles. The molecule has 98 valence electrons. The van der Waals surface area contributed by atoms with E-state index in [1.165, 1.54) is 5.56 Å². The summed E-state index contributed by atoms with van der Waals surface area (Å²) in [4.78, 5) is 19.8. The van der Waals surface area contributed by atoms with Crippen molar-refractivity contribution in [3.8, 4) is 0 Å². The van der Waals surface area contributed by atoms with Crippen LogP contribution in [-0.2, 0) is 20.7 Å². The van der Waals surface area contributed by atoms with Gasteiger partial charge in [-0.1, -0.05) is 30.3 Å². The molecule has 18 heavy (non-hydrogen) atoms. The van der Waals surface area contributed by atoms with Crippen LogP contribution in [0.4, 0.5) is 0 Å². The average Bonchev–Trinajstić information content (AvgIpc) is 3.13. The minimum Gasteiger partial charge on any atom is -0.381 e. The second-order valence-electron chi connectivity index (χ2n) is 3.84. The Bertz CT molecular complexity index is 373. The van der Waals surface area contributed by atoms with Gasteiger partial charge in [0.25, 0.3) is 0 Å². The molecule has 2 amide bonds. The van der Waals surface area contributed by atoms with Gasteiger partial charge in [-0.3, -0.25) is 9.59 Å². The Morgan fingerprint density at radius 3 is 2.39 bits per heavy atom. The maximum atomic E-state index is 10.4. The Morgan fingerprint density at radius 2 is 1.89 bits per heavy atom. The molecule has 0 unspecified atom stereocenters. The summed E-state index contributed by atoms with van der Waals surface area (Å²) in [5.41, 5.74) is 6.21. The van der Waals surface area contributed by atoms with Gasteiger partial charge in [0.1, 0.15) is 0 Å². The van der Waals surface area contributed by atoms with Crippen molar-refractivity contribution in [1.82, 2.24) is 5.32 Å². The fourth-order valence-corrected chi connectivity index (χ4v) is 1.15. The van der Waals surface area contributed by atoms with Gasteiger partial charge in [0, 0.05) is 6.42 Å². The lowest BCUT2D eigenvalue weighted by Gasteiger charge is -2.02. The standard InChI is InChI=1S/C11H15NO2.C2H3NO/c12-11(13)7-9-14-8-6-10-4-2-1-3-5-10;4-2-1-3-2/h1-5H,6-9H2,(H2,12,13);1H2,(H,3,4). The minimum atomic E-state index is -0.315. The van der Waals surface area contributed by atoms with Gasteiger partial charge in [-0.05, 0) is 12.0 Å². The first-order chi connectivity index (χ1) is 8.68. The minimum absolute atomic E-state index is 0.167. The summed E-state index contributed by atoms with van der Waals surface area (Å²) in [5, 5.41) is 2.46. The van der Waals surface area contributed by atoms with Gasteiger partial charge in [0.2, 0.25) is 11.8 Å². The SMILES string of the molecule is NC(=O)CCOCCc1ccccc1.O=C1CN1. The van der Waals surface area contributed by atoms with Crippen molar-refractivity contribution in [2.75, 3.05) is 19.8 Å². The van der Waals surface area contributed by atoms with Crippen molar-refractivity contribution in [3.05, 3.63) is 35.9 Å². The highest BCUT2D eigenvalue weighted by atomic mass is 16.5. The van der Waals surface area contributed by atoms with E-state index in [2.05, 4.69) is 17.4 Å². The van der Waals surface area contributed by atoms with E-state index in [-0.39, 0.29) is 11.8 Å². The lowest BCUT2D eigenvalue weighted by molar-refractivity contribution is -0.119. The van der Waals surface area contributed by atoms with Crippen LogP contribution in [0.2, 0.25) is 0 Å². The van der Waals surface area contributed by atoms with E-state index < -0.39 is 0 Å². The number of nitrogens with two attached hydrogens (primary N) is 1. The quantitative estimate of drug-likeness (QED) is 0.559. The monoisotopic (exact) mass is 250 g/mol. The predicted molar refractivity (Wildman–Crippen MR) is 67.8 cm³/mol. The maximum absolute atomic E-state index is 10.4. The molecule has 0 spiro atoms. The van der Waals surface area contributed by atoms with Crippen molar-refractivity contribution in [2.45, 2.75) is 12.8 Å². The van der Waals surface area contributed by atoms with Crippen LogP contribution < -0.4 is 11.1 Å². The van der Waals surface area contributed by atoms with Crippen LogP contribution in [-0.4, -0.2) is 31.6 Å². The highest BCUT2D eigenvalue weighted by Crippen LogP contribution is 1.99. The van der Waals surface area contributed by atoms with Gasteiger partial charge in [-0.2, -0.15) is 0 Å². The zero-order chi connectivity index (χ0) is 13.2. The first kappa shape index (κ1) is 14.2. The number of nitrogens with one attached hydrogen (secondary N) is 1. The highest BCUT2D eigenvalue weighted by Gasteiger charge is 2.10. The molecule has 0 aliphatic carbocycles. The molecular formula is C13H18N2O3. The number of benzene rings is 1. The van der Waals surface area contributed by atoms with Crippen LogP contribution in [0.15, 0.2) is 30.3 Å². The Labute approximate surface area is 106 Å². The zero-order valence-electron chi connectivity index (χ0n) is 10.2. The molecule has 0 atom stereocenters.